The van der Waals surface area contributed by atoms with Gasteiger partial charge in [0.2, 0.25) is 5.95 Å². The van der Waals surface area contributed by atoms with Gasteiger partial charge in [0.15, 0.2) is 5.82 Å². The van der Waals surface area contributed by atoms with Crippen molar-refractivity contribution in [3.8, 4) is 11.1 Å². The molecule has 4 aromatic rings. The minimum Gasteiger partial charge on any atom is -0.478 e. The quantitative estimate of drug-likeness (QED) is 0.243. The van der Waals surface area contributed by atoms with Crippen LogP contribution in [-0.2, 0) is 0 Å². The summed E-state index contributed by atoms with van der Waals surface area (Å²) in [7, 11) is 0. The summed E-state index contributed by atoms with van der Waals surface area (Å²) in [5.74, 6) is 5.10. The molecule has 0 unspecified atom stereocenters. The van der Waals surface area contributed by atoms with Crippen molar-refractivity contribution in [3.05, 3.63) is 77.6 Å². The second kappa shape index (κ2) is 9.02. The maximum Gasteiger partial charge on any atom is 0.337 e. The third-order valence-corrected chi connectivity index (χ3v) is 4.83. The van der Waals surface area contributed by atoms with Crippen molar-refractivity contribution in [3.63, 3.8) is 0 Å². The molecule has 0 fully saturated rings. The lowest BCUT2D eigenvalue weighted by Gasteiger charge is -2.22. The normalized spacial score (nSPS) is 10.6. The highest BCUT2D eigenvalue weighted by Crippen LogP contribution is 2.34. The van der Waals surface area contributed by atoms with Gasteiger partial charge in [0.05, 0.1) is 10.6 Å². The highest BCUT2D eigenvalue weighted by molar-refractivity contribution is 6.31. The third-order valence-electron chi connectivity index (χ3n) is 4.54. The first-order valence-corrected chi connectivity index (χ1v) is 9.74. The van der Waals surface area contributed by atoms with Crippen LogP contribution in [0, 0.1) is 5.82 Å². The number of hydrogen-bond donors (Lipinski definition) is 4. The Morgan fingerprint density at radius 2 is 1.97 bits per heavy atom. The number of nitrogens with zero attached hydrogens (tertiary/aromatic N) is 5. The SMILES string of the molecule is Nc1ncccc1N(N)c1nc(Nc2ccc(F)c(Cl)c2)ncc1-c1cncc(C(=O)O)c1. The van der Waals surface area contributed by atoms with Crippen LogP contribution >= 0.6 is 11.6 Å². The summed E-state index contributed by atoms with van der Waals surface area (Å²) in [6.07, 6.45) is 5.64. The molecule has 10 nitrogen and oxygen atoms in total. The molecule has 0 saturated carbocycles. The Morgan fingerprint density at radius 1 is 1.15 bits per heavy atom. The van der Waals surface area contributed by atoms with E-state index in [-0.39, 0.29) is 28.2 Å². The largest absolute Gasteiger partial charge is 0.478 e. The predicted molar refractivity (Wildman–Crippen MR) is 122 cm³/mol. The minimum absolute atomic E-state index is 0.0222. The van der Waals surface area contributed by atoms with Gasteiger partial charge in [0, 0.05) is 41.6 Å². The maximum atomic E-state index is 13.5. The monoisotopic (exact) mass is 466 g/mol. The van der Waals surface area contributed by atoms with Crippen molar-refractivity contribution < 1.29 is 14.3 Å². The van der Waals surface area contributed by atoms with Gasteiger partial charge < -0.3 is 16.2 Å². The van der Waals surface area contributed by atoms with Crippen molar-refractivity contribution in [1.29, 1.82) is 0 Å². The van der Waals surface area contributed by atoms with Crippen LogP contribution in [0.3, 0.4) is 0 Å². The second-order valence-corrected chi connectivity index (χ2v) is 7.14. The van der Waals surface area contributed by atoms with Crippen LogP contribution < -0.4 is 21.9 Å². The van der Waals surface area contributed by atoms with Gasteiger partial charge >= 0.3 is 5.97 Å². The molecule has 1 aromatic carbocycles. The summed E-state index contributed by atoms with van der Waals surface area (Å²) in [6, 6.07) is 8.77. The molecule has 0 bridgehead atoms. The lowest BCUT2D eigenvalue weighted by Crippen LogP contribution is -2.28. The number of carboxylic acid groups (broad SMARTS) is 1. The number of rotatable bonds is 6. The van der Waals surface area contributed by atoms with Crippen LogP contribution in [-0.4, -0.2) is 31.0 Å². The van der Waals surface area contributed by atoms with Gasteiger partial charge in [0.25, 0.3) is 0 Å². The number of nitrogen functional groups attached to an aromatic ring is 1. The Morgan fingerprint density at radius 3 is 2.70 bits per heavy atom. The molecule has 33 heavy (non-hydrogen) atoms. The Labute approximate surface area is 191 Å². The van der Waals surface area contributed by atoms with E-state index < -0.39 is 11.8 Å². The van der Waals surface area contributed by atoms with Crippen LogP contribution in [0.2, 0.25) is 5.02 Å². The summed E-state index contributed by atoms with van der Waals surface area (Å²) in [5.41, 5.74) is 7.55. The number of aromatic nitrogens is 4. The summed E-state index contributed by atoms with van der Waals surface area (Å²) in [5, 5.41) is 13.4. The van der Waals surface area contributed by atoms with Crippen molar-refractivity contribution in [2.45, 2.75) is 0 Å². The number of anilines is 5. The number of nitrogens with one attached hydrogen (secondary N) is 1. The predicted octanol–water partition coefficient (Wildman–Crippen LogP) is 3.76. The van der Waals surface area contributed by atoms with Gasteiger partial charge in [-0.15, -0.1) is 0 Å². The Bertz CT molecular complexity index is 1350. The standard InChI is InChI=1S/C21H16ClFN8O2/c22-15-7-13(3-4-16(15)23)29-21-28-10-14(11-6-12(20(32)33)9-26-8-11)19(30-21)31(25)17-2-1-5-27-18(17)24/h1-10H,25H2,(H2,24,27)(H,32,33)(H,28,29,30). The zero-order valence-electron chi connectivity index (χ0n) is 16.8. The van der Waals surface area contributed by atoms with Crippen LogP contribution in [0.1, 0.15) is 10.4 Å². The molecule has 3 aromatic heterocycles. The van der Waals surface area contributed by atoms with E-state index in [1.54, 1.807) is 12.1 Å². The van der Waals surface area contributed by atoms with Gasteiger partial charge in [-0.05, 0) is 36.4 Å². The lowest BCUT2D eigenvalue weighted by molar-refractivity contribution is 0.0696. The average molecular weight is 467 g/mol. The van der Waals surface area contributed by atoms with Crippen molar-refractivity contribution in [1.82, 2.24) is 19.9 Å². The zero-order valence-corrected chi connectivity index (χ0v) is 17.5. The number of benzene rings is 1. The first kappa shape index (κ1) is 21.9. The molecule has 0 aliphatic heterocycles. The van der Waals surface area contributed by atoms with Crippen LogP contribution in [0.4, 0.5) is 33.3 Å². The number of halogens is 2. The fourth-order valence-corrected chi connectivity index (χ4v) is 3.13. The maximum absolute atomic E-state index is 13.5. The Balaban J connectivity index is 1.82. The average Bonchev–Trinajstić information content (AvgIpc) is 2.81. The van der Waals surface area contributed by atoms with E-state index in [1.807, 2.05) is 0 Å². The fourth-order valence-electron chi connectivity index (χ4n) is 2.95. The highest BCUT2D eigenvalue weighted by Gasteiger charge is 2.19. The van der Waals surface area contributed by atoms with Crippen LogP contribution in [0.25, 0.3) is 11.1 Å². The van der Waals surface area contributed by atoms with Gasteiger partial charge in [0.1, 0.15) is 17.3 Å². The number of hydrogen-bond acceptors (Lipinski definition) is 9. The lowest BCUT2D eigenvalue weighted by atomic mass is 10.1. The summed E-state index contributed by atoms with van der Waals surface area (Å²) >= 11 is 5.85. The van der Waals surface area contributed by atoms with E-state index in [1.165, 1.54) is 54.1 Å². The van der Waals surface area contributed by atoms with Gasteiger partial charge in [-0.1, -0.05) is 11.6 Å². The molecule has 0 atom stereocenters. The first-order valence-electron chi connectivity index (χ1n) is 9.36. The molecule has 0 saturated heterocycles. The number of pyridine rings is 2. The Kier molecular flexibility index (Phi) is 5.98. The Hall–Kier alpha value is -4.35. The topological polar surface area (TPSA) is 156 Å². The molecule has 3 heterocycles. The molecule has 0 spiro atoms. The molecule has 0 amide bonds. The van der Waals surface area contributed by atoms with Crippen molar-refractivity contribution in [2.75, 3.05) is 16.1 Å². The van der Waals surface area contributed by atoms with E-state index in [0.717, 1.165) is 0 Å². The van der Waals surface area contributed by atoms with Gasteiger partial charge in [-0.3, -0.25) is 9.99 Å². The third kappa shape index (κ3) is 4.63. The molecule has 6 N–H and O–H groups in total. The number of aromatic carboxylic acids is 1. The van der Waals surface area contributed by atoms with Crippen molar-refractivity contribution >= 4 is 46.5 Å². The number of hydrazine groups is 1. The van der Waals surface area contributed by atoms with Gasteiger partial charge in [-0.25, -0.2) is 25.0 Å². The summed E-state index contributed by atoms with van der Waals surface area (Å²) < 4.78 is 13.5. The molecule has 0 aliphatic carbocycles. The van der Waals surface area contributed by atoms with Gasteiger partial charge in [-0.2, -0.15) is 4.98 Å². The summed E-state index contributed by atoms with van der Waals surface area (Å²) in [6.45, 7) is 0. The number of carbonyl (C=O) groups is 1. The molecule has 166 valence electrons. The highest BCUT2D eigenvalue weighted by atomic mass is 35.5. The number of nitrogens with two attached hydrogens (primary N) is 2. The van der Waals surface area contributed by atoms with E-state index in [2.05, 4.69) is 25.3 Å². The fraction of sp³-hybridized carbons (Fsp3) is 0. The van der Waals surface area contributed by atoms with E-state index in [4.69, 9.17) is 23.2 Å². The summed E-state index contributed by atoms with van der Waals surface area (Å²) in [4.78, 5) is 28.2. The molecule has 0 aliphatic rings. The molecular formula is C21H16ClFN8O2. The smallest absolute Gasteiger partial charge is 0.337 e. The second-order valence-electron chi connectivity index (χ2n) is 6.73. The molecule has 0 radical (unpaired) electrons. The van der Waals surface area contributed by atoms with E-state index in [9.17, 15) is 14.3 Å². The van der Waals surface area contributed by atoms with E-state index in [0.29, 0.717) is 22.5 Å². The van der Waals surface area contributed by atoms with Crippen LogP contribution in [0.5, 0.6) is 0 Å². The first-order chi connectivity index (χ1) is 15.8. The minimum atomic E-state index is -1.14. The zero-order chi connectivity index (χ0) is 23.5. The van der Waals surface area contributed by atoms with Crippen molar-refractivity contribution in [2.24, 2.45) is 5.84 Å². The molecular weight excluding hydrogens is 451 g/mol. The molecule has 4 rings (SSSR count). The number of carboxylic acids is 1. The molecule has 12 heteroatoms. The van der Waals surface area contributed by atoms with E-state index >= 15 is 0 Å². The van der Waals surface area contributed by atoms with Crippen LogP contribution in [0.15, 0.2) is 61.2 Å².